The van der Waals surface area contributed by atoms with Crippen molar-refractivity contribution in [1.29, 1.82) is 0 Å². The fraction of sp³-hybridized carbons (Fsp3) is 0.500. The zero-order valence-corrected chi connectivity index (χ0v) is 11.9. The lowest BCUT2D eigenvalue weighted by atomic mass is 10.1. The van der Waals surface area contributed by atoms with Gasteiger partial charge in [0.2, 0.25) is 0 Å². The second kappa shape index (κ2) is 7.08. The van der Waals surface area contributed by atoms with E-state index in [0.29, 0.717) is 18.2 Å². The lowest BCUT2D eigenvalue weighted by Crippen LogP contribution is -2.36. The standard InChI is InChI=1S/C16H21NO3/c1-12(18)10-13-6-8-15(9-7-13)20-11-16(19)17-14-4-2-3-5-14/h6-9,14H,2-5,10-11H2,1H3,(H,17,19). The maximum absolute atomic E-state index is 11.7. The fourth-order valence-electron chi connectivity index (χ4n) is 2.48. The van der Waals surface area contributed by atoms with Crippen LogP contribution in [0.25, 0.3) is 0 Å². The van der Waals surface area contributed by atoms with E-state index in [4.69, 9.17) is 4.74 Å². The normalized spacial score (nSPS) is 15.1. The predicted octanol–water partition coefficient (Wildman–Crippen LogP) is 2.26. The van der Waals surface area contributed by atoms with Crippen LogP contribution in [0, 0.1) is 0 Å². The molecule has 0 radical (unpaired) electrons. The molecule has 108 valence electrons. The van der Waals surface area contributed by atoms with E-state index in [2.05, 4.69) is 5.32 Å². The first-order valence-electron chi connectivity index (χ1n) is 7.14. The maximum Gasteiger partial charge on any atom is 0.258 e. The van der Waals surface area contributed by atoms with Crippen LogP contribution in [0.5, 0.6) is 5.75 Å². The Morgan fingerprint density at radius 1 is 1.20 bits per heavy atom. The van der Waals surface area contributed by atoms with Gasteiger partial charge in [-0.15, -0.1) is 0 Å². The number of carbonyl (C=O) groups excluding carboxylic acids is 2. The number of ether oxygens (including phenoxy) is 1. The van der Waals surface area contributed by atoms with Crippen molar-refractivity contribution in [1.82, 2.24) is 5.32 Å². The van der Waals surface area contributed by atoms with Gasteiger partial charge in [0.1, 0.15) is 11.5 Å². The highest BCUT2D eigenvalue weighted by molar-refractivity contribution is 5.78. The molecule has 0 atom stereocenters. The maximum atomic E-state index is 11.7. The summed E-state index contributed by atoms with van der Waals surface area (Å²) in [6, 6.07) is 7.61. The average molecular weight is 275 g/mol. The number of nitrogens with one attached hydrogen (secondary N) is 1. The van der Waals surface area contributed by atoms with E-state index in [1.807, 2.05) is 12.1 Å². The number of carbonyl (C=O) groups is 2. The summed E-state index contributed by atoms with van der Waals surface area (Å²) in [4.78, 5) is 22.7. The van der Waals surface area contributed by atoms with E-state index in [-0.39, 0.29) is 18.3 Å². The number of rotatable bonds is 6. The summed E-state index contributed by atoms with van der Waals surface area (Å²) in [6.45, 7) is 1.61. The van der Waals surface area contributed by atoms with Gasteiger partial charge in [-0.25, -0.2) is 0 Å². The summed E-state index contributed by atoms with van der Waals surface area (Å²) in [5, 5.41) is 2.98. The van der Waals surface area contributed by atoms with Crippen molar-refractivity contribution in [2.24, 2.45) is 0 Å². The van der Waals surface area contributed by atoms with Crippen LogP contribution >= 0.6 is 0 Å². The average Bonchev–Trinajstić information content (AvgIpc) is 2.90. The largest absolute Gasteiger partial charge is 0.484 e. The summed E-state index contributed by atoms with van der Waals surface area (Å²) >= 11 is 0. The molecule has 0 heterocycles. The highest BCUT2D eigenvalue weighted by atomic mass is 16.5. The number of hydrogen-bond acceptors (Lipinski definition) is 3. The van der Waals surface area contributed by atoms with Crippen LogP contribution in [0.3, 0.4) is 0 Å². The molecule has 0 bridgehead atoms. The van der Waals surface area contributed by atoms with Crippen molar-refractivity contribution in [3.63, 3.8) is 0 Å². The highest BCUT2D eigenvalue weighted by Crippen LogP contribution is 2.17. The van der Waals surface area contributed by atoms with Crippen molar-refractivity contribution in [2.75, 3.05) is 6.61 Å². The van der Waals surface area contributed by atoms with Crippen LogP contribution in [-0.2, 0) is 16.0 Å². The first kappa shape index (κ1) is 14.6. The van der Waals surface area contributed by atoms with Gasteiger partial charge in [-0.2, -0.15) is 0 Å². The van der Waals surface area contributed by atoms with Gasteiger partial charge in [-0.1, -0.05) is 25.0 Å². The zero-order chi connectivity index (χ0) is 14.4. The molecule has 1 fully saturated rings. The van der Waals surface area contributed by atoms with Gasteiger partial charge in [0.25, 0.3) is 5.91 Å². The van der Waals surface area contributed by atoms with Crippen LogP contribution < -0.4 is 10.1 Å². The minimum absolute atomic E-state index is 0.0442. The quantitative estimate of drug-likeness (QED) is 0.866. The molecule has 4 heteroatoms. The lowest BCUT2D eigenvalue weighted by molar-refractivity contribution is -0.123. The molecule has 1 aromatic carbocycles. The summed E-state index contributed by atoms with van der Waals surface area (Å²) in [5.74, 6) is 0.721. The van der Waals surface area contributed by atoms with Gasteiger partial charge in [0.15, 0.2) is 6.61 Å². The van der Waals surface area contributed by atoms with Crippen LogP contribution in [0.4, 0.5) is 0 Å². The molecule has 1 aliphatic carbocycles. The van der Waals surface area contributed by atoms with Crippen molar-refractivity contribution < 1.29 is 14.3 Å². The van der Waals surface area contributed by atoms with Gasteiger partial charge in [0, 0.05) is 12.5 Å². The SMILES string of the molecule is CC(=O)Cc1ccc(OCC(=O)NC2CCCC2)cc1. The molecule has 4 nitrogen and oxygen atoms in total. The Balaban J connectivity index is 1.75. The predicted molar refractivity (Wildman–Crippen MR) is 76.7 cm³/mol. The topological polar surface area (TPSA) is 55.4 Å². The Bertz CT molecular complexity index is 461. The van der Waals surface area contributed by atoms with Crippen molar-refractivity contribution in [2.45, 2.75) is 45.1 Å². The third kappa shape index (κ3) is 4.68. The molecular weight excluding hydrogens is 254 g/mol. The Kier molecular flexibility index (Phi) is 5.16. The van der Waals surface area contributed by atoms with E-state index in [1.54, 1.807) is 19.1 Å². The lowest BCUT2D eigenvalue weighted by Gasteiger charge is -2.12. The smallest absolute Gasteiger partial charge is 0.258 e. The highest BCUT2D eigenvalue weighted by Gasteiger charge is 2.17. The van der Waals surface area contributed by atoms with Crippen LogP contribution in [0.2, 0.25) is 0 Å². The minimum Gasteiger partial charge on any atom is -0.484 e. The molecule has 2 rings (SSSR count). The number of benzene rings is 1. The molecule has 0 unspecified atom stereocenters. The number of amides is 1. The number of Topliss-reactive ketones (excluding diaryl/α,β-unsaturated/α-hetero) is 1. The molecule has 1 saturated carbocycles. The van der Waals surface area contributed by atoms with Crippen LogP contribution in [-0.4, -0.2) is 24.3 Å². The van der Waals surface area contributed by atoms with Crippen LogP contribution in [0.15, 0.2) is 24.3 Å². The molecular formula is C16H21NO3. The first-order chi connectivity index (χ1) is 9.63. The van der Waals surface area contributed by atoms with E-state index < -0.39 is 0 Å². The Morgan fingerprint density at radius 2 is 1.85 bits per heavy atom. The number of ketones is 1. The Hall–Kier alpha value is -1.84. The molecule has 0 spiro atoms. The molecule has 0 saturated heterocycles. The summed E-state index contributed by atoms with van der Waals surface area (Å²) in [7, 11) is 0. The van der Waals surface area contributed by atoms with E-state index in [0.717, 1.165) is 18.4 Å². The molecule has 0 aromatic heterocycles. The Labute approximate surface area is 119 Å². The molecule has 1 aromatic rings. The van der Waals surface area contributed by atoms with Gasteiger partial charge >= 0.3 is 0 Å². The fourth-order valence-corrected chi connectivity index (χ4v) is 2.48. The first-order valence-corrected chi connectivity index (χ1v) is 7.14. The van der Waals surface area contributed by atoms with Crippen molar-refractivity contribution >= 4 is 11.7 Å². The van der Waals surface area contributed by atoms with E-state index in [1.165, 1.54) is 12.8 Å². The molecule has 1 aliphatic rings. The molecule has 1 N–H and O–H groups in total. The summed E-state index contributed by atoms with van der Waals surface area (Å²) in [5.41, 5.74) is 0.959. The zero-order valence-electron chi connectivity index (χ0n) is 11.9. The second-order valence-electron chi connectivity index (χ2n) is 5.36. The van der Waals surface area contributed by atoms with Gasteiger partial charge in [0.05, 0.1) is 0 Å². The monoisotopic (exact) mass is 275 g/mol. The third-order valence-corrected chi connectivity index (χ3v) is 3.47. The minimum atomic E-state index is -0.0651. The van der Waals surface area contributed by atoms with Gasteiger partial charge < -0.3 is 10.1 Å². The molecule has 1 amide bonds. The van der Waals surface area contributed by atoms with Gasteiger partial charge in [-0.05, 0) is 37.5 Å². The van der Waals surface area contributed by atoms with Crippen LogP contribution in [0.1, 0.15) is 38.2 Å². The van der Waals surface area contributed by atoms with Gasteiger partial charge in [-0.3, -0.25) is 9.59 Å². The Morgan fingerprint density at radius 3 is 2.45 bits per heavy atom. The summed E-state index contributed by atoms with van der Waals surface area (Å²) < 4.78 is 5.44. The third-order valence-electron chi connectivity index (χ3n) is 3.47. The van der Waals surface area contributed by atoms with Crippen molar-refractivity contribution in [3.05, 3.63) is 29.8 Å². The molecule has 0 aliphatic heterocycles. The number of hydrogen-bond donors (Lipinski definition) is 1. The summed E-state index contributed by atoms with van der Waals surface area (Å²) in [6.07, 6.45) is 4.98. The van der Waals surface area contributed by atoms with Crippen molar-refractivity contribution in [3.8, 4) is 5.75 Å². The second-order valence-corrected chi connectivity index (χ2v) is 5.36. The van der Waals surface area contributed by atoms with E-state index >= 15 is 0 Å². The van der Waals surface area contributed by atoms with E-state index in [9.17, 15) is 9.59 Å². The molecule has 20 heavy (non-hydrogen) atoms.